The van der Waals surface area contributed by atoms with Crippen molar-refractivity contribution in [3.05, 3.63) is 53.6 Å². The number of nitrogens with zero attached hydrogens (tertiary/aromatic N) is 1. The molecule has 9 nitrogen and oxygen atoms in total. The molecule has 0 radical (unpaired) electrons. The smallest absolute Gasteiger partial charge is 0.142 e. The highest BCUT2D eigenvalue weighted by molar-refractivity contribution is 5.61. The molecule has 4 rings (SSSR count). The molecule has 2 aliphatic rings. The van der Waals surface area contributed by atoms with Crippen LogP contribution in [0.2, 0.25) is 0 Å². The van der Waals surface area contributed by atoms with Gasteiger partial charge in [-0.2, -0.15) is 0 Å². The Morgan fingerprint density at radius 3 is 2.43 bits per heavy atom. The van der Waals surface area contributed by atoms with Crippen molar-refractivity contribution in [1.82, 2.24) is 5.32 Å². The zero-order valence-corrected chi connectivity index (χ0v) is 25.6. The van der Waals surface area contributed by atoms with Crippen LogP contribution in [-0.4, -0.2) is 96.9 Å². The van der Waals surface area contributed by atoms with E-state index in [4.69, 9.17) is 28.4 Å². The average molecular weight is 587 g/mol. The van der Waals surface area contributed by atoms with E-state index in [1.165, 1.54) is 5.56 Å². The number of fused-ring (bicyclic) bond motifs is 1. The van der Waals surface area contributed by atoms with Gasteiger partial charge in [0.25, 0.3) is 0 Å². The minimum Gasteiger partial charge on any atom is -0.494 e. The first-order valence-electron chi connectivity index (χ1n) is 15.4. The number of piperidine rings is 1. The fraction of sp³-hybridized carbons (Fsp3) is 0.636. The van der Waals surface area contributed by atoms with Crippen molar-refractivity contribution >= 4 is 5.69 Å². The molecule has 0 aromatic heterocycles. The van der Waals surface area contributed by atoms with Gasteiger partial charge < -0.3 is 43.7 Å². The number of nitrogens with one attached hydrogen (secondary N) is 1. The highest BCUT2D eigenvalue weighted by Gasteiger charge is 2.36. The lowest BCUT2D eigenvalue weighted by atomic mass is 9.85. The molecule has 42 heavy (non-hydrogen) atoms. The third-order valence-corrected chi connectivity index (χ3v) is 7.86. The highest BCUT2D eigenvalue weighted by atomic mass is 16.5. The SMILES string of the molecule is COCCCCOc1ccc([C@@H]2[C@@H](OCc3ccc4c(c3)N(CCCOC)CCO4)CNC[C@H]2OCCC(C)O)cc1. The zero-order chi connectivity index (χ0) is 29.6. The minimum absolute atomic E-state index is 0.0440. The van der Waals surface area contributed by atoms with Gasteiger partial charge in [-0.3, -0.25) is 0 Å². The molecular formula is C33H50N2O7. The van der Waals surface area contributed by atoms with Crippen LogP contribution in [0.4, 0.5) is 5.69 Å². The second-order valence-electron chi connectivity index (χ2n) is 11.2. The molecule has 4 atom stereocenters. The Morgan fingerprint density at radius 2 is 1.67 bits per heavy atom. The number of aliphatic hydroxyl groups excluding tert-OH is 1. The van der Waals surface area contributed by atoms with Crippen LogP contribution in [0, 0.1) is 0 Å². The summed E-state index contributed by atoms with van der Waals surface area (Å²) in [6.45, 7) is 8.91. The molecule has 2 aromatic carbocycles. The van der Waals surface area contributed by atoms with Crippen LogP contribution >= 0.6 is 0 Å². The Hall–Kier alpha value is -2.40. The van der Waals surface area contributed by atoms with E-state index in [1.54, 1.807) is 21.1 Å². The third kappa shape index (κ3) is 9.82. The summed E-state index contributed by atoms with van der Waals surface area (Å²) in [5, 5.41) is 13.3. The number of hydrogen-bond acceptors (Lipinski definition) is 9. The van der Waals surface area contributed by atoms with Gasteiger partial charge >= 0.3 is 0 Å². The largest absolute Gasteiger partial charge is 0.494 e. The molecule has 1 saturated heterocycles. The number of benzene rings is 2. The number of aliphatic hydroxyl groups is 1. The van der Waals surface area contributed by atoms with Gasteiger partial charge in [0.15, 0.2) is 0 Å². The first kappa shape index (κ1) is 32.5. The summed E-state index contributed by atoms with van der Waals surface area (Å²) < 4.78 is 35.2. The van der Waals surface area contributed by atoms with Crippen molar-refractivity contribution in [2.24, 2.45) is 0 Å². The van der Waals surface area contributed by atoms with Gasteiger partial charge in [0.05, 0.1) is 43.8 Å². The van der Waals surface area contributed by atoms with Crippen molar-refractivity contribution in [2.75, 3.05) is 78.3 Å². The van der Waals surface area contributed by atoms with Crippen LogP contribution in [0.25, 0.3) is 0 Å². The van der Waals surface area contributed by atoms with E-state index in [2.05, 4.69) is 40.5 Å². The lowest BCUT2D eigenvalue weighted by molar-refractivity contribution is -0.0639. The second kappa shape index (κ2) is 17.7. The summed E-state index contributed by atoms with van der Waals surface area (Å²) in [5.41, 5.74) is 3.40. The Bertz CT molecular complexity index is 1040. The van der Waals surface area contributed by atoms with E-state index in [9.17, 15) is 5.11 Å². The summed E-state index contributed by atoms with van der Waals surface area (Å²) in [7, 11) is 3.46. The molecule has 0 bridgehead atoms. The average Bonchev–Trinajstić information content (AvgIpc) is 3.00. The maximum absolute atomic E-state index is 9.78. The lowest BCUT2D eigenvalue weighted by Gasteiger charge is -2.39. The molecule has 2 aliphatic heterocycles. The Kier molecular flexibility index (Phi) is 13.7. The quantitative estimate of drug-likeness (QED) is 0.250. The van der Waals surface area contributed by atoms with E-state index in [1.807, 2.05) is 12.1 Å². The van der Waals surface area contributed by atoms with Crippen molar-refractivity contribution in [3.8, 4) is 11.5 Å². The lowest BCUT2D eigenvalue weighted by Crippen LogP contribution is -2.50. The van der Waals surface area contributed by atoms with Gasteiger partial charge in [0.1, 0.15) is 18.1 Å². The fourth-order valence-electron chi connectivity index (χ4n) is 5.57. The number of ether oxygens (including phenoxy) is 6. The summed E-state index contributed by atoms with van der Waals surface area (Å²) in [6.07, 6.45) is 2.96. The Labute approximate surface area is 251 Å². The molecule has 234 valence electrons. The highest BCUT2D eigenvalue weighted by Crippen LogP contribution is 2.35. The van der Waals surface area contributed by atoms with E-state index in [0.717, 1.165) is 81.4 Å². The summed E-state index contributed by atoms with van der Waals surface area (Å²) >= 11 is 0. The van der Waals surface area contributed by atoms with Crippen LogP contribution in [0.3, 0.4) is 0 Å². The van der Waals surface area contributed by atoms with Gasteiger partial charge in [0, 0.05) is 59.6 Å². The van der Waals surface area contributed by atoms with E-state index >= 15 is 0 Å². The van der Waals surface area contributed by atoms with E-state index < -0.39 is 6.10 Å². The van der Waals surface area contributed by atoms with Crippen molar-refractivity contribution in [3.63, 3.8) is 0 Å². The van der Waals surface area contributed by atoms with Gasteiger partial charge in [0.2, 0.25) is 0 Å². The molecular weight excluding hydrogens is 536 g/mol. The number of anilines is 1. The predicted molar refractivity (Wildman–Crippen MR) is 164 cm³/mol. The van der Waals surface area contributed by atoms with Crippen molar-refractivity contribution in [1.29, 1.82) is 0 Å². The topological polar surface area (TPSA) is 90.9 Å². The van der Waals surface area contributed by atoms with Gasteiger partial charge in [-0.05, 0) is 68.0 Å². The van der Waals surface area contributed by atoms with Gasteiger partial charge in [-0.15, -0.1) is 0 Å². The van der Waals surface area contributed by atoms with Crippen LogP contribution in [0.5, 0.6) is 11.5 Å². The van der Waals surface area contributed by atoms with Crippen LogP contribution < -0.4 is 19.7 Å². The molecule has 0 saturated carbocycles. The standard InChI is InChI=1S/C33H50N2O7/c1-25(36)13-19-40-31-22-34-23-32(33(31)27-8-10-28(11-9-27)39-18-5-4-16-37-2)42-24-26-7-12-30-29(21-26)35(15-20-41-30)14-6-17-38-3/h7-12,21,25,31-34,36H,4-6,13-20,22-24H2,1-3H3/t25?,31-,32+,33+/m1/s1. The normalized spacial score (nSPS) is 21.0. The van der Waals surface area contributed by atoms with Crippen molar-refractivity contribution < 1.29 is 33.5 Å². The number of unbranched alkanes of at least 4 members (excludes halogenated alkanes) is 1. The van der Waals surface area contributed by atoms with Gasteiger partial charge in [-0.1, -0.05) is 18.2 Å². The molecule has 0 spiro atoms. The Morgan fingerprint density at radius 1 is 0.929 bits per heavy atom. The molecule has 9 heteroatoms. The Balaban J connectivity index is 1.44. The minimum atomic E-state index is -0.394. The van der Waals surface area contributed by atoms with Gasteiger partial charge in [-0.25, -0.2) is 0 Å². The van der Waals surface area contributed by atoms with Crippen LogP contribution in [0.15, 0.2) is 42.5 Å². The number of hydrogen-bond donors (Lipinski definition) is 2. The first-order valence-corrected chi connectivity index (χ1v) is 15.4. The monoisotopic (exact) mass is 586 g/mol. The molecule has 0 aliphatic carbocycles. The number of rotatable bonds is 18. The van der Waals surface area contributed by atoms with Crippen LogP contribution in [-0.2, 0) is 25.6 Å². The fourth-order valence-corrected chi connectivity index (χ4v) is 5.57. The molecule has 1 fully saturated rings. The summed E-state index contributed by atoms with van der Waals surface area (Å²) in [5.74, 6) is 1.83. The molecule has 2 N–H and O–H groups in total. The molecule has 2 heterocycles. The van der Waals surface area contributed by atoms with E-state index in [0.29, 0.717) is 32.8 Å². The second-order valence-corrected chi connectivity index (χ2v) is 11.2. The number of methoxy groups -OCH3 is 2. The summed E-state index contributed by atoms with van der Waals surface area (Å²) in [4.78, 5) is 2.37. The third-order valence-electron chi connectivity index (χ3n) is 7.86. The van der Waals surface area contributed by atoms with E-state index in [-0.39, 0.29) is 18.1 Å². The maximum atomic E-state index is 9.78. The first-order chi connectivity index (χ1) is 20.6. The maximum Gasteiger partial charge on any atom is 0.142 e. The molecule has 2 aromatic rings. The summed E-state index contributed by atoms with van der Waals surface area (Å²) in [6, 6.07) is 14.7. The van der Waals surface area contributed by atoms with Crippen LogP contribution in [0.1, 0.15) is 49.7 Å². The molecule has 0 amide bonds. The zero-order valence-electron chi connectivity index (χ0n) is 25.6. The van der Waals surface area contributed by atoms with Crippen molar-refractivity contribution in [2.45, 2.75) is 63.4 Å². The molecule has 1 unspecified atom stereocenters. The predicted octanol–water partition coefficient (Wildman–Crippen LogP) is 4.16.